The Morgan fingerprint density at radius 1 is 1.38 bits per heavy atom. The summed E-state index contributed by atoms with van der Waals surface area (Å²) >= 11 is 5.96. The number of hydrogen-bond donors (Lipinski definition) is 1. The van der Waals surface area contributed by atoms with Gasteiger partial charge >= 0.3 is 0 Å². The third-order valence-corrected chi connectivity index (χ3v) is 5.50. The van der Waals surface area contributed by atoms with Crippen molar-refractivity contribution >= 4 is 37.2 Å². The lowest BCUT2D eigenvalue weighted by molar-refractivity contribution is 0.0947. The molecule has 116 valence electrons. The zero-order valence-corrected chi connectivity index (χ0v) is 13.9. The van der Waals surface area contributed by atoms with Crippen LogP contribution < -0.4 is 5.32 Å². The van der Waals surface area contributed by atoms with E-state index in [1.807, 2.05) is 0 Å². The molecule has 1 aromatic carbocycles. The van der Waals surface area contributed by atoms with Crippen molar-refractivity contribution in [2.45, 2.75) is 31.1 Å². The van der Waals surface area contributed by atoms with Crippen LogP contribution in [0.15, 0.2) is 23.1 Å². The molecule has 2 atom stereocenters. The van der Waals surface area contributed by atoms with E-state index in [1.54, 1.807) is 0 Å². The Morgan fingerprint density at radius 2 is 2.10 bits per heavy atom. The monoisotopic (exact) mass is 349 g/mol. The normalized spacial score (nSPS) is 22.2. The van der Waals surface area contributed by atoms with E-state index in [4.69, 9.17) is 22.3 Å². The van der Waals surface area contributed by atoms with Crippen molar-refractivity contribution in [2.75, 3.05) is 6.54 Å². The van der Waals surface area contributed by atoms with E-state index >= 15 is 0 Å². The lowest BCUT2D eigenvalue weighted by atomic mass is 10.1. The minimum Gasteiger partial charge on any atom is -0.352 e. The number of rotatable bonds is 4. The summed E-state index contributed by atoms with van der Waals surface area (Å²) in [6, 6.07) is 3.85. The molecule has 0 saturated heterocycles. The molecule has 0 aliphatic heterocycles. The van der Waals surface area contributed by atoms with Crippen molar-refractivity contribution in [1.82, 2.24) is 5.32 Å². The van der Waals surface area contributed by atoms with E-state index in [0.717, 1.165) is 12.8 Å². The third-order valence-electron chi connectivity index (χ3n) is 3.82. The summed E-state index contributed by atoms with van der Waals surface area (Å²) in [5, 5.41) is 3.02. The molecule has 1 amide bonds. The van der Waals surface area contributed by atoms with Crippen LogP contribution in [0.5, 0.6) is 0 Å². The Morgan fingerprint density at radius 3 is 2.67 bits per heavy atom. The van der Waals surface area contributed by atoms with Gasteiger partial charge in [-0.15, -0.1) is 0 Å². The topological polar surface area (TPSA) is 63.2 Å². The first-order chi connectivity index (χ1) is 9.77. The van der Waals surface area contributed by atoms with Gasteiger partial charge in [-0.1, -0.05) is 24.9 Å². The van der Waals surface area contributed by atoms with Crippen LogP contribution in [0, 0.1) is 11.8 Å². The second kappa shape index (κ2) is 6.55. The number of carbonyl (C=O) groups excluding carboxylic acids is 1. The number of benzene rings is 1. The van der Waals surface area contributed by atoms with E-state index < -0.39 is 9.05 Å². The molecule has 0 spiro atoms. The van der Waals surface area contributed by atoms with E-state index in [1.165, 1.54) is 24.6 Å². The lowest BCUT2D eigenvalue weighted by Gasteiger charge is -2.12. The van der Waals surface area contributed by atoms with E-state index in [9.17, 15) is 13.2 Å². The fraction of sp³-hybridized carbons (Fsp3) is 0.500. The first kappa shape index (κ1) is 16.6. The SMILES string of the molecule is CC1CCC(CNC(=O)c2cc(S(=O)(=O)Cl)ccc2Cl)C1. The predicted octanol–water partition coefficient (Wildman–Crippen LogP) is 3.43. The molecule has 0 bridgehead atoms. The highest BCUT2D eigenvalue weighted by Gasteiger charge is 2.22. The second-order valence-corrected chi connectivity index (χ2v) is 8.55. The molecule has 0 heterocycles. The highest BCUT2D eigenvalue weighted by Crippen LogP contribution is 2.30. The van der Waals surface area contributed by atoms with Gasteiger partial charge in [-0.3, -0.25) is 4.79 Å². The van der Waals surface area contributed by atoms with Crippen LogP contribution in [0.3, 0.4) is 0 Å². The van der Waals surface area contributed by atoms with Gasteiger partial charge in [0.15, 0.2) is 0 Å². The average molecular weight is 350 g/mol. The number of amides is 1. The molecule has 2 rings (SSSR count). The first-order valence-corrected chi connectivity index (χ1v) is 9.48. The Kier molecular flexibility index (Phi) is 5.17. The third kappa shape index (κ3) is 4.34. The van der Waals surface area contributed by atoms with E-state index in [0.29, 0.717) is 18.4 Å². The zero-order valence-electron chi connectivity index (χ0n) is 11.6. The van der Waals surface area contributed by atoms with Crippen LogP contribution in [0.25, 0.3) is 0 Å². The van der Waals surface area contributed by atoms with Crippen molar-refractivity contribution in [3.8, 4) is 0 Å². The van der Waals surface area contributed by atoms with Crippen LogP contribution in [0.4, 0.5) is 0 Å². The van der Waals surface area contributed by atoms with Gasteiger partial charge in [-0.25, -0.2) is 8.42 Å². The van der Waals surface area contributed by atoms with Gasteiger partial charge in [-0.05, 0) is 42.9 Å². The average Bonchev–Trinajstić information content (AvgIpc) is 2.81. The molecule has 21 heavy (non-hydrogen) atoms. The molecule has 0 aromatic heterocycles. The molecule has 0 radical (unpaired) electrons. The summed E-state index contributed by atoms with van der Waals surface area (Å²) < 4.78 is 22.6. The summed E-state index contributed by atoms with van der Waals surface area (Å²) in [7, 11) is 1.40. The van der Waals surface area contributed by atoms with Crippen molar-refractivity contribution in [3.05, 3.63) is 28.8 Å². The van der Waals surface area contributed by atoms with Crippen molar-refractivity contribution in [3.63, 3.8) is 0 Å². The van der Waals surface area contributed by atoms with Crippen LogP contribution in [0.2, 0.25) is 5.02 Å². The highest BCUT2D eigenvalue weighted by molar-refractivity contribution is 8.13. The van der Waals surface area contributed by atoms with Crippen LogP contribution >= 0.6 is 22.3 Å². The van der Waals surface area contributed by atoms with Gasteiger partial charge in [0.2, 0.25) is 0 Å². The summed E-state index contributed by atoms with van der Waals surface area (Å²) in [5.41, 5.74) is 0.129. The van der Waals surface area contributed by atoms with Crippen molar-refractivity contribution in [1.29, 1.82) is 0 Å². The van der Waals surface area contributed by atoms with Crippen LogP contribution in [-0.4, -0.2) is 20.9 Å². The molecule has 1 aliphatic carbocycles. The molecule has 1 N–H and O–H groups in total. The fourth-order valence-corrected chi connectivity index (χ4v) is 3.65. The van der Waals surface area contributed by atoms with Gasteiger partial charge in [0.1, 0.15) is 0 Å². The van der Waals surface area contributed by atoms with E-state index in [-0.39, 0.29) is 21.4 Å². The molecular weight excluding hydrogens is 333 g/mol. The standard InChI is InChI=1S/C14H17Cl2NO3S/c1-9-2-3-10(6-9)8-17-14(18)12-7-11(21(16,19)20)4-5-13(12)15/h4-5,7,9-10H,2-3,6,8H2,1H3,(H,17,18). The Hall–Kier alpha value is -0.780. The van der Waals surface area contributed by atoms with Gasteiger partial charge in [0.25, 0.3) is 15.0 Å². The van der Waals surface area contributed by atoms with Gasteiger partial charge < -0.3 is 5.32 Å². The minimum absolute atomic E-state index is 0.129. The highest BCUT2D eigenvalue weighted by atomic mass is 35.7. The van der Waals surface area contributed by atoms with Gasteiger partial charge in [0, 0.05) is 17.2 Å². The summed E-state index contributed by atoms with van der Waals surface area (Å²) in [4.78, 5) is 12.0. The summed E-state index contributed by atoms with van der Waals surface area (Å²) in [5.74, 6) is 0.796. The van der Waals surface area contributed by atoms with Crippen molar-refractivity contribution < 1.29 is 13.2 Å². The molecular formula is C14H17Cl2NO3S. The lowest BCUT2D eigenvalue weighted by Crippen LogP contribution is -2.28. The first-order valence-electron chi connectivity index (χ1n) is 6.80. The van der Waals surface area contributed by atoms with E-state index in [2.05, 4.69) is 12.2 Å². The Bertz CT molecular complexity index is 646. The minimum atomic E-state index is -3.88. The van der Waals surface area contributed by atoms with Gasteiger partial charge in [-0.2, -0.15) is 0 Å². The predicted molar refractivity (Wildman–Crippen MR) is 83.3 cm³/mol. The number of hydrogen-bond acceptors (Lipinski definition) is 3. The molecule has 1 saturated carbocycles. The molecule has 1 aliphatic rings. The fourth-order valence-electron chi connectivity index (χ4n) is 2.67. The number of nitrogens with one attached hydrogen (secondary N) is 1. The number of carbonyl (C=O) groups is 1. The molecule has 1 aromatic rings. The van der Waals surface area contributed by atoms with Crippen LogP contribution in [0.1, 0.15) is 36.5 Å². The summed E-state index contributed by atoms with van der Waals surface area (Å²) in [6.07, 6.45) is 3.39. The maximum Gasteiger partial charge on any atom is 0.261 e. The Labute approximate surface area is 134 Å². The maximum absolute atomic E-state index is 12.1. The Balaban J connectivity index is 2.08. The zero-order chi connectivity index (χ0) is 15.6. The maximum atomic E-state index is 12.1. The summed E-state index contributed by atoms with van der Waals surface area (Å²) in [6.45, 7) is 2.78. The molecule has 2 unspecified atom stereocenters. The number of halogens is 2. The van der Waals surface area contributed by atoms with Crippen LogP contribution in [-0.2, 0) is 9.05 Å². The quantitative estimate of drug-likeness (QED) is 0.846. The smallest absolute Gasteiger partial charge is 0.261 e. The molecule has 7 heteroatoms. The molecule has 1 fully saturated rings. The molecule has 4 nitrogen and oxygen atoms in total. The second-order valence-electron chi connectivity index (χ2n) is 5.57. The largest absolute Gasteiger partial charge is 0.352 e. The van der Waals surface area contributed by atoms with Gasteiger partial charge in [0.05, 0.1) is 15.5 Å². The van der Waals surface area contributed by atoms with Crippen molar-refractivity contribution in [2.24, 2.45) is 11.8 Å².